The fraction of sp³-hybridized carbons (Fsp3) is 0.462. The maximum atomic E-state index is 11.6. The minimum Gasteiger partial charge on any atom is -0.483 e. The van der Waals surface area contributed by atoms with Gasteiger partial charge in [-0.15, -0.1) is 0 Å². The highest BCUT2D eigenvalue weighted by atomic mass is 16.6. The van der Waals surface area contributed by atoms with Gasteiger partial charge in [0.1, 0.15) is 5.75 Å². The van der Waals surface area contributed by atoms with Crippen LogP contribution in [0.15, 0.2) is 18.2 Å². The molecule has 0 fully saturated rings. The predicted molar refractivity (Wildman–Crippen MR) is 74.4 cm³/mol. The van der Waals surface area contributed by atoms with Crippen molar-refractivity contribution in [2.24, 2.45) is 5.73 Å². The lowest BCUT2D eigenvalue weighted by Crippen LogP contribution is -2.43. The lowest BCUT2D eigenvalue weighted by atomic mass is 10.1. The maximum absolute atomic E-state index is 11.6. The fourth-order valence-electron chi connectivity index (χ4n) is 1.58. The quantitative estimate of drug-likeness (QED) is 0.625. The molecule has 0 radical (unpaired) electrons. The van der Waals surface area contributed by atoms with Crippen molar-refractivity contribution < 1.29 is 14.5 Å². The highest BCUT2D eigenvalue weighted by Crippen LogP contribution is 2.23. The number of hydrogen-bond acceptors (Lipinski definition) is 5. The van der Waals surface area contributed by atoms with Crippen molar-refractivity contribution in [3.63, 3.8) is 0 Å². The average Bonchev–Trinajstić information content (AvgIpc) is 2.33. The molecule has 1 aromatic rings. The standard InChI is InChI=1S/C13H19N3O4/c1-13(2,3)15-12(17)8-20-11-5-4-10(16(18)19)6-9(11)7-14/h4-6H,7-8,14H2,1-3H3,(H,15,17). The SMILES string of the molecule is CC(C)(C)NC(=O)COc1ccc([N+](=O)[O-])cc1CN. The Morgan fingerprint density at radius 2 is 2.10 bits per heavy atom. The Morgan fingerprint density at radius 1 is 1.45 bits per heavy atom. The van der Waals surface area contributed by atoms with Crippen LogP contribution in [0.4, 0.5) is 5.69 Å². The summed E-state index contributed by atoms with van der Waals surface area (Å²) in [5.41, 5.74) is 5.61. The number of nitro groups is 1. The molecule has 110 valence electrons. The number of amides is 1. The number of non-ortho nitro benzene ring substituents is 1. The number of nitrogens with one attached hydrogen (secondary N) is 1. The minimum atomic E-state index is -0.505. The zero-order valence-corrected chi connectivity index (χ0v) is 11.8. The molecule has 0 saturated carbocycles. The van der Waals surface area contributed by atoms with Crippen LogP contribution in [-0.2, 0) is 11.3 Å². The van der Waals surface area contributed by atoms with Gasteiger partial charge in [-0.2, -0.15) is 0 Å². The summed E-state index contributed by atoms with van der Waals surface area (Å²) in [5.74, 6) is 0.112. The molecule has 1 amide bonds. The van der Waals surface area contributed by atoms with Crippen LogP contribution in [0.25, 0.3) is 0 Å². The molecular weight excluding hydrogens is 262 g/mol. The summed E-state index contributed by atoms with van der Waals surface area (Å²) in [6.45, 7) is 5.52. The van der Waals surface area contributed by atoms with Gasteiger partial charge in [0.15, 0.2) is 6.61 Å². The first-order valence-corrected chi connectivity index (χ1v) is 6.14. The Labute approximate surface area is 117 Å². The van der Waals surface area contributed by atoms with Crippen molar-refractivity contribution in [3.8, 4) is 5.75 Å². The zero-order chi connectivity index (χ0) is 15.3. The van der Waals surface area contributed by atoms with Gasteiger partial charge in [0.25, 0.3) is 11.6 Å². The molecule has 0 bridgehead atoms. The van der Waals surface area contributed by atoms with Crippen molar-refractivity contribution in [1.29, 1.82) is 0 Å². The number of carbonyl (C=O) groups excluding carboxylic acids is 1. The normalized spacial score (nSPS) is 11.0. The summed E-state index contributed by atoms with van der Waals surface area (Å²) in [6.07, 6.45) is 0. The summed E-state index contributed by atoms with van der Waals surface area (Å²) in [5, 5.41) is 13.4. The molecule has 20 heavy (non-hydrogen) atoms. The first-order valence-electron chi connectivity index (χ1n) is 6.14. The lowest BCUT2D eigenvalue weighted by Gasteiger charge is -2.20. The molecule has 0 aromatic heterocycles. The molecule has 3 N–H and O–H groups in total. The Kier molecular flexibility index (Phi) is 5.04. The van der Waals surface area contributed by atoms with Crippen LogP contribution in [0.5, 0.6) is 5.75 Å². The zero-order valence-electron chi connectivity index (χ0n) is 11.8. The number of carbonyl (C=O) groups is 1. The molecule has 0 spiro atoms. The van der Waals surface area contributed by atoms with E-state index in [1.54, 1.807) is 0 Å². The van der Waals surface area contributed by atoms with E-state index in [0.717, 1.165) is 0 Å². The smallest absolute Gasteiger partial charge is 0.270 e. The van der Waals surface area contributed by atoms with E-state index in [2.05, 4.69) is 5.32 Å². The number of nitrogens with zero attached hydrogens (tertiary/aromatic N) is 1. The van der Waals surface area contributed by atoms with Gasteiger partial charge in [-0.1, -0.05) is 0 Å². The predicted octanol–water partition coefficient (Wildman–Crippen LogP) is 1.35. The van der Waals surface area contributed by atoms with Gasteiger partial charge >= 0.3 is 0 Å². The molecule has 0 saturated heterocycles. The Balaban J connectivity index is 2.73. The number of ether oxygens (including phenoxy) is 1. The second kappa shape index (κ2) is 6.33. The molecule has 0 aliphatic heterocycles. The molecule has 7 heteroatoms. The molecule has 0 heterocycles. The van der Waals surface area contributed by atoms with Gasteiger partial charge in [-0.25, -0.2) is 0 Å². The van der Waals surface area contributed by atoms with E-state index in [9.17, 15) is 14.9 Å². The van der Waals surface area contributed by atoms with Crippen molar-refractivity contribution in [3.05, 3.63) is 33.9 Å². The molecule has 1 rings (SSSR count). The van der Waals surface area contributed by atoms with Crippen molar-refractivity contribution in [2.75, 3.05) is 6.61 Å². The molecule has 7 nitrogen and oxygen atoms in total. The second-order valence-electron chi connectivity index (χ2n) is 5.34. The first kappa shape index (κ1) is 15.9. The molecule has 0 unspecified atom stereocenters. The van der Waals surface area contributed by atoms with E-state index in [0.29, 0.717) is 11.3 Å². The van der Waals surface area contributed by atoms with Gasteiger partial charge in [-0.05, 0) is 26.8 Å². The number of benzene rings is 1. The Morgan fingerprint density at radius 3 is 2.60 bits per heavy atom. The highest BCUT2D eigenvalue weighted by Gasteiger charge is 2.15. The van der Waals surface area contributed by atoms with Gasteiger partial charge in [-0.3, -0.25) is 14.9 Å². The highest BCUT2D eigenvalue weighted by molar-refractivity contribution is 5.78. The van der Waals surface area contributed by atoms with Crippen LogP contribution in [0, 0.1) is 10.1 Å². The summed E-state index contributed by atoms with van der Waals surface area (Å²) in [4.78, 5) is 21.8. The van der Waals surface area contributed by atoms with E-state index in [4.69, 9.17) is 10.5 Å². The molecular formula is C13H19N3O4. The average molecular weight is 281 g/mol. The second-order valence-corrected chi connectivity index (χ2v) is 5.34. The fourth-order valence-corrected chi connectivity index (χ4v) is 1.58. The Hall–Kier alpha value is -2.15. The first-order chi connectivity index (χ1) is 9.23. The summed E-state index contributed by atoms with van der Waals surface area (Å²) in [6, 6.07) is 4.11. The minimum absolute atomic E-state index is 0.0584. The van der Waals surface area contributed by atoms with E-state index >= 15 is 0 Å². The monoisotopic (exact) mass is 281 g/mol. The summed E-state index contributed by atoms with van der Waals surface area (Å²) < 4.78 is 5.36. The van der Waals surface area contributed by atoms with Gasteiger partial charge in [0.05, 0.1) is 4.92 Å². The van der Waals surface area contributed by atoms with Crippen molar-refractivity contribution in [2.45, 2.75) is 32.9 Å². The van der Waals surface area contributed by atoms with Gasteiger partial charge in [0.2, 0.25) is 0 Å². The summed E-state index contributed by atoms with van der Waals surface area (Å²) in [7, 11) is 0. The number of nitrogens with two attached hydrogens (primary N) is 1. The number of nitro benzene ring substituents is 1. The van der Waals surface area contributed by atoms with E-state index < -0.39 is 4.92 Å². The van der Waals surface area contributed by atoms with Crippen LogP contribution in [0.2, 0.25) is 0 Å². The lowest BCUT2D eigenvalue weighted by molar-refractivity contribution is -0.384. The molecule has 0 aliphatic rings. The third kappa shape index (κ3) is 4.85. The third-order valence-electron chi connectivity index (χ3n) is 2.35. The van der Waals surface area contributed by atoms with E-state index in [1.807, 2.05) is 20.8 Å². The third-order valence-corrected chi connectivity index (χ3v) is 2.35. The largest absolute Gasteiger partial charge is 0.483 e. The van der Waals surface area contributed by atoms with E-state index in [-0.39, 0.29) is 30.3 Å². The number of rotatable bonds is 5. The molecule has 0 aliphatic carbocycles. The molecule has 0 atom stereocenters. The van der Waals surface area contributed by atoms with E-state index in [1.165, 1.54) is 18.2 Å². The van der Waals surface area contributed by atoms with Gasteiger partial charge < -0.3 is 15.8 Å². The van der Waals surface area contributed by atoms with Crippen LogP contribution in [-0.4, -0.2) is 23.0 Å². The Bertz CT molecular complexity index is 509. The van der Waals surface area contributed by atoms with Crippen LogP contribution in [0.1, 0.15) is 26.3 Å². The summed E-state index contributed by atoms with van der Waals surface area (Å²) >= 11 is 0. The molecule has 1 aromatic carbocycles. The maximum Gasteiger partial charge on any atom is 0.270 e. The van der Waals surface area contributed by atoms with Crippen LogP contribution in [0.3, 0.4) is 0 Å². The van der Waals surface area contributed by atoms with Crippen molar-refractivity contribution in [1.82, 2.24) is 5.32 Å². The number of hydrogen-bond donors (Lipinski definition) is 2. The van der Waals surface area contributed by atoms with Crippen LogP contribution >= 0.6 is 0 Å². The van der Waals surface area contributed by atoms with Crippen LogP contribution < -0.4 is 15.8 Å². The van der Waals surface area contributed by atoms with Crippen molar-refractivity contribution >= 4 is 11.6 Å². The van der Waals surface area contributed by atoms with Gasteiger partial charge in [0, 0.05) is 29.8 Å². The topological polar surface area (TPSA) is 107 Å².